The normalized spacial score (nSPS) is 23.6. The van der Waals surface area contributed by atoms with Gasteiger partial charge < -0.3 is 5.73 Å². The van der Waals surface area contributed by atoms with Crippen LogP contribution in [0.15, 0.2) is 18.2 Å². The van der Waals surface area contributed by atoms with Crippen molar-refractivity contribution in [1.82, 2.24) is 4.90 Å². The molecule has 0 aliphatic carbocycles. The van der Waals surface area contributed by atoms with E-state index >= 15 is 0 Å². The molecule has 1 aliphatic rings. The Morgan fingerprint density at radius 1 is 1.41 bits per heavy atom. The molecule has 4 heteroatoms. The summed E-state index contributed by atoms with van der Waals surface area (Å²) in [5, 5.41) is 1.42. The largest absolute Gasteiger partial charge is 0.327 e. The van der Waals surface area contributed by atoms with E-state index in [4.69, 9.17) is 28.9 Å². The van der Waals surface area contributed by atoms with E-state index in [1.54, 1.807) is 6.07 Å². The topological polar surface area (TPSA) is 29.3 Å². The number of halogens is 2. The Balaban J connectivity index is 2.15. The average molecular weight is 273 g/mol. The molecular formula is C13H18Cl2N2. The Morgan fingerprint density at radius 2 is 2.18 bits per heavy atom. The second-order valence-electron chi connectivity index (χ2n) is 4.74. The lowest BCUT2D eigenvalue weighted by atomic mass is 10.0. The van der Waals surface area contributed by atoms with Crippen LogP contribution in [0.5, 0.6) is 0 Å². The number of nitrogens with zero attached hydrogens (tertiary/aromatic N) is 1. The van der Waals surface area contributed by atoms with E-state index in [-0.39, 0.29) is 6.04 Å². The smallest absolute Gasteiger partial charge is 0.0468 e. The fourth-order valence-corrected chi connectivity index (χ4v) is 3.00. The van der Waals surface area contributed by atoms with Gasteiger partial charge in [0, 0.05) is 28.7 Å². The number of hydrogen-bond donors (Lipinski definition) is 1. The molecule has 1 aromatic carbocycles. The maximum atomic E-state index is 6.24. The van der Waals surface area contributed by atoms with E-state index in [9.17, 15) is 0 Å². The zero-order chi connectivity index (χ0) is 12.4. The summed E-state index contributed by atoms with van der Waals surface area (Å²) in [5.74, 6) is 0. The lowest BCUT2D eigenvalue weighted by molar-refractivity contribution is 0.159. The molecule has 0 spiro atoms. The third-order valence-electron chi connectivity index (χ3n) is 3.45. The van der Waals surface area contributed by atoms with Crippen molar-refractivity contribution in [3.05, 3.63) is 33.8 Å². The third-order valence-corrected chi connectivity index (χ3v) is 4.01. The number of benzene rings is 1. The molecule has 2 unspecified atom stereocenters. The highest BCUT2D eigenvalue weighted by atomic mass is 35.5. The molecule has 17 heavy (non-hydrogen) atoms. The number of likely N-dealkylation sites (tertiary alicyclic amines) is 1. The van der Waals surface area contributed by atoms with Crippen LogP contribution >= 0.6 is 23.2 Å². The molecule has 0 saturated carbocycles. The third kappa shape index (κ3) is 3.14. The Bertz CT molecular complexity index is 395. The van der Waals surface area contributed by atoms with Gasteiger partial charge in [-0.1, -0.05) is 29.3 Å². The van der Waals surface area contributed by atoms with E-state index in [0.29, 0.717) is 11.1 Å². The van der Waals surface area contributed by atoms with Gasteiger partial charge in [-0.25, -0.2) is 0 Å². The molecule has 1 aliphatic heterocycles. The first-order chi connectivity index (χ1) is 8.08. The van der Waals surface area contributed by atoms with Crippen molar-refractivity contribution < 1.29 is 0 Å². The summed E-state index contributed by atoms with van der Waals surface area (Å²) < 4.78 is 0. The van der Waals surface area contributed by atoms with Gasteiger partial charge in [-0.2, -0.15) is 0 Å². The zero-order valence-electron chi connectivity index (χ0n) is 10.00. The molecule has 2 rings (SSSR count). The highest BCUT2D eigenvalue weighted by Gasteiger charge is 2.23. The van der Waals surface area contributed by atoms with Gasteiger partial charge in [0.15, 0.2) is 0 Å². The molecule has 1 heterocycles. The molecule has 0 radical (unpaired) electrons. The van der Waals surface area contributed by atoms with Gasteiger partial charge in [-0.15, -0.1) is 0 Å². The second kappa shape index (κ2) is 5.57. The first kappa shape index (κ1) is 13.2. The van der Waals surface area contributed by atoms with Gasteiger partial charge in [-0.05, 0) is 44.0 Å². The summed E-state index contributed by atoms with van der Waals surface area (Å²) >= 11 is 12.2. The van der Waals surface area contributed by atoms with E-state index < -0.39 is 0 Å². The predicted molar refractivity (Wildman–Crippen MR) is 73.7 cm³/mol. The van der Waals surface area contributed by atoms with E-state index in [2.05, 4.69) is 11.8 Å². The zero-order valence-corrected chi connectivity index (χ0v) is 11.5. The Labute approximate surface area is 113 Å². The molecule has 0 amide bonds. The minimum absolute atomic E-state index is 0.289. The van der Waals surface area contributed by atoms with Crippen molar-refractivity contribution in [2.75, 3.05) is 13.1 Å². The van der Waals surface area contributed by atoms with Gasteiger partial charge >= 0.3 is 0 Å². The molecule has 2 nitrogen and oxygen atoms in total. The Kier molecular flexibility index (Phi) is 4.31. The maximum Gasteiger partial charge on any atom is 0.0468 e. The Morgan fingerprint density at radius 3 is 2.82 bits per heavy atom. The Hall–Kier alpha value is -0.280. The highest BCUT2D eigenvalue weighted by molar-refractivity contribution is 6.35. The van der Waals surface area contributed by atoms with Gasteiger partial charge in [0.05, 0.1) is 0 Å². The van der Waals surface area contributed by atoms with Gasteiger partial charge in [0.2, 0.25) is 0 Å². The quantitative estimate of drug-likeness (QED) is 0.893. The van der Waals surface area contributed by atoms with Crippen LogP contribution < -0.4 is 5.73 Å². The molecule has 0 bridgehead atoms. The van der Waals surface area contributed by atoms with E-state index in [1.165, 1.54) is 0 Å². The summed E-state index contributed by atoms with van der Waals surface area (Å²) in [6.45, 7) is 4.21. The minimum Gasteiger partial charge on any atom is -0.327 e. The van der Waals surface area contributed by atoms with Crippen molar-refractivity contribution >= 4 is 23.2 Å². The lowest BCUT2D eigenvalue weighted by Crippen LogP contribution is -2.43. The SMILES string of the molecule is CC(c1ccc(Cl)cc1Cl)N1CCCC(N)C1. The lowest BCUT2D eigenvalue weighted by Gasteiger charge is -2.35. The van der Waals surface area contributed by atoms with Crippen molar-refractivity contribution in [3.8, 4) is 0 Å². The summed E-state index contributed by atoms with van der Waals surface area (Å²) in [6, 6.07) is 6.29. The predicted octanol–water partition coefficient (Wildman–Crippen LogP) is 3.48. The van der Waals surface area contributed by atoms with Crippen molar-refractivity contribution in [1.29, 1.82) is 0 Å². The first-order valence-corrected chi connectivity index (χ1v) is 6.78. The molecule has 1 fully saturated rings. The van der Waals surface area contributed by atoms with Crippen molar-refractivity contribution in [2.45, 2.75) is 31.8 Å². The summed E-state index contributed by atoms with van der Waals surface area (Å²) in [5.41, 5.74) is 7.14. The fourth-order valence-electron chi connectivity index (χ4n) is 2.43. The minimum atomic E-state index is 0.289. The monoisotopic (exact) mass is 272 g/mol. The summed E-state index contributed by atoms with van der Waals surface area (Å²) in [7, 11) is 0. The second-order valence-corrected chi connectivity index (χ2v) is 5.58. The molecule has 2 N–H and O–H groups in total. The number of nitrogens with two attached hydrogens (primary N) is 1. The van der Waals surface area contributed by atoms with Crippen LogP contribution in [0.25, 0.3) is 0 Å². The van der Waals surface area contributed by atoms with Crippen LogP contribution in [0.2, 0.25) is 10.0 Å². The van der Waals surface area contributed by atoms with Crippen LogP contribution in [0.4, 0.5) is 0 Å². The molecule has 2 atom stereocenters. The summed E-state index contributed by atoms with van der Waals surface area (Å²) in [6.07, 6.45) is 2.29. The van der Waals surface area contributed by atoms with Gasteiger partial charge in [0.1, 0.15) is 0 Å². The van der Waals surface area contributed by atoms with Gasteiger partial charge in [-0.3, -0.25) is 4.90 Å². The van der Waals surface area contributed by atoms with Crippen LogP contribution in [0.3, 0.4) is 0 Å². The number of piperidine rings is 1. The fraction of sp³-hybridized carbons (Fsp3) is 0.538. The maximum absolute atomic E-state index is 6.24. The van der Waals surface area contributed by atoms with Gasteiger partial charge in [0.25, 0.3) is 0 Å². The molecule has 1 saturated heterocycles. The van der Waals surface area contributed by atoms with Crippen molar-refractivity contribution in [2.24, 2.45) is 5.73 Å². The molecule has 1 aromatic rings. The molecule has 94 valence electrons. The van der Waals surface area contributed by atoms with Crippen LogP contribution in [-0.4, -0.2) is 24.0 Å². The van der Waals surface area contributed by atoms with E-state index in [1.807, 2.05) is 12.1 Å². The van der Waals surface area contributed by atoms with Crippen LogP contribution in [0.1, 0.15) is 31.4 Å². The van der Waals surface area contributed by atoms with E-state index in [0.717, 1.165) is 36.5 Å². The van der Waals surface area contributed by atoms with Crippen molar-refractivity contribution in [3.63, 3.8) is 0 Å². The molecule has 0 aromatic heterocycles. The molecular weight excluding hydrogens is 255 g/mol. The highest BCUT2D eigenvalue weighted by Crippen LogP contribution is 2.30. The van der Waals surface area contributed by atoms with Crippen LogP contribution in [-0.2, 0) is 0 Å². The summed E-state index contributed by atoms with van der Waals surface area (Å²) in [4.78, 5) is 2.39. The average Bonchev–Trinajstić information content (AvgIpc) is 2.28. The first-order valence-electron chi connectivity index (χ1n) is 6.02. The van der Waals surface area contributed by atoms with Crippen LogP contribution in [0, 0.1) is 0 Å². The number of hydrogen-bond acceptors (Lipinski definition) is 2. The standard InChI is InChI=1S/C13H18Cl2N2/c1-9(17-6-2-3-11(16)8-17)12-5-4-10(14)7-13(12)15/h4-5,7,9,11H,2-3,6,8,16H2,1H3. The number of rotatable bonds is 2.